The molecule has 0 atom stereocenters. The van der Waals surface area contributed by atoms with Gasteiger partial charge in [0.15, 0.2) is 0 Å². The van der Waals surface area contributed by atoms with Crippen molar-refractivity contribution >= 4 is 15.9 Å². The molecule has 0 heterocycles. The molecule has 0 unspecified atom stereocenters. The average Bonchev–Trinajstić information content (AvgIpc) is 2.57. The molecule has 0 aliphatic carbocycles. The summed E-state index contributed by atoms with van der Waals surface area (Å²) in [5.74, 6) is -0.841. The maximum Gasteiger partial charge on any atom is 0.243 e. The maximum atomic E-state index is 13.0. The van der Waals surface area contributed by atoms with Crippen LogP contribution in [0.3, 0.4) is 0 Å². The van der Waals surface area contributed by atoms with E-state index in [2.05, 4.69) is 0 Å². The van der Waals surface area contributed by atoms with Crippen molar-refractivity contribution in [2.75, 3.05) is 20.6 Å². The number of hydrogen-bond donors (Lipinski definition) is 0. The number of amides is 1. The molecule has 7 heteroatoms. The Kier molecular flexibility index (Phi) is 5.92. The lowest BCUT2D eigenvalue weighted by Gasteiger charge is -2.22. The molecule has 134 valence electrons. The summed E-state index contributed by atoms with van der Waals surface area (Å²) >= 11 is 0. The van der Waals surface area contributed by atoms with Crippen LogP contribution in [-0.4, -0.2) is 44.2 Å². The van der Waals surface area contributed by atoms with Gasteiger partial charge in [-0.05, 0) is 42.3 Å². The first-order valence-corrected chi connectivity index (χ1v) is 9.16. The minimum absolute atomic E-state index is 0.0502. The Labute approximate surface area is 147 Å². The average molecular weight is 364 g/mol. The molecule has 0 fully saturated rings. The second-order valence-corrected chi connectivity index (χ2v) is 7.94. The zero-order chi connectivity index (χ0) is 18.6. The molecule has 2 rings (SSSR count). The minimum atomic E-state index is -3.85. The first-order chi connectivity index (χ1) is 11.7. The lowest BCUT2D eigenvalue weighted by atomic mass is 10.1. The number of halogens is 1. The van der Waals surface area contributed by atoms with Gasteiger partial charge >= 0.3 is 0 Å². The van der Waals surface area contributed by atoms with Gasteiger partial charge in [-0.1, -0.05) is 24.3 Å². The SMILES string of the molecule is Cc1ccccc1CN(C)C(=O)CN(C)S(=O)(=O)c1ccc(F)cc1. The lowest BCUT2D eigenvalue weighted by molar-refractivity contribution is -0.130. The van der Waals surface area contributed by atoms with Crippen LogP contribution in [0.5, 0.6) is 0 Å². The molecule has 0 spiro atoms. The molecule has 2 aromatic rings. The number of carbonyl (C=O) groups is 1. The minimum Gasteiger partial charge on any atom is -0.340 e. The Bertz CT molecular complexity index is 851. The summed E-state index contributed by atoms with van der Waals surface area (Å²) in [6.45, 7) is 2.07. The van der Waals surface area contributed by atoms with Gasteiger partial charge in [0.1, 0.15) is 5.82 Å². The number of hydrogen-bond acceptors (Lipinski definition) is 3. The molecule has 25 heavy (non-hydrogen) atoms. The van der Waals surface area contributed by atoms with E-state index >= 15 is 0 Å². The largest absolute Gasteiger partial charge is 0.340 e. The number of aryl methyl sites for hydroxylation is 1. The van der Waals surface area contributed by atoms with Crippen molar-refractivity contribution in [3.63, 3.8) is 0 Å². The summed E-state index contributed by atoms with van der Waals surface area (Å²) in [7, 11) is -0.883. The van der Waals surface area contributed by atoms with Gasteiger partial charge < -0.3 is 4.90 Å². The second kappa shape index (κ2) is 7.76. The Balaban J connectivity index is 2.06. The molecular weight excluding hydrogens is 343 g/mol. The first kappa shape index (κ1) is 19.1. The molecular formula is C18H21FN2O3S. The highest BCUT2D eigenvalue weighted by atomic mass is 32.2. The van der Waals surface area contributed by atoms with E-state index in [1.807, 2.05) is 31.2 Å². The topological polar surface area (TPSA) is 57.7 Å². The van der Waals surface area contributed by atoms with E-state index in [9.17, 15) is 17.6 Å². The van der Waals surface area contributed by atoms with E-state index in [0.717, 1.165) is 27.6 Å². The highest BCUT2D eigenvalue weighted by molar-refractivity contribution is 7.89. The van der Waals surface area contributed by atoms with Crippen LogP contribution < -0.4 is 0 Å². The number of rotatable bonds is 6. The summed E-state index contributed by atoms with van der Waals surface area (Å²) in [6.07, 6.45) is 0. The van der Waals surface area contributed by atoms with Crippen molar-refractivity contribution in [3.05, 3.63) is 65.5 Å². The maximum absolute atomic E-state index is 13.0. The van der Waals surface area contributed by atoms with Gasteiger partial charge in [-0.15, -0.1) is 0 Å². The molecule has 1 amide bonds. The molecule has 0 N–H and O–H groups in total. The second-order valence-electron chi connectivity index (χ2n) is 5.89. The molecule has 0 aromatic heterocycles. The van der Waals surface area contributed by atoms with E-state index in [-0.39, 0.29) is 17.3 Å². The summed E-state index contributed by atoms with van der Waals surface area (Å²) in [5.41, 5.74) is 2.07. The number of likely N-dealkylation sites (N-methyl/N-ethyl adjacent to an activating group) is 2. The monoisotopic (exact) mass is 364 g/mol. The van der Waals surface area contributed by atoms with Crippen LogP contribution in [0.2, 0.25) is 0 Å². The Hall–Kier alpha value is -2.25. The number of nitrogens with zero attached hydrogens (tertiary/aromatic N) is 2. The van der Waals surface area contributed by atoms with E-state index in [4.69, 9.17) is 0 Å². The zero-order valence-corrected chi connectivity index (χ0v) is 15.3. The van der Waals surface area contributed by atoms with E-state index < -0.39 is 15.8 Å². The van der Waals surface area contributed by atoms with Gasteiger partial charge in [-0.25, -0.2) is 12.8 Å². The molecule has 0 radical (unpaired) electrons. The van der Waals surface area contributed by atoms with Gasteiger partial charge in [-0.2, -0.15) is 4.31 Å². The van der Waals surface area contributed by atoms with Crippen LogP contribution >= 0.6 is 0 Å². The predicted octanol–water partition coefficient (Wildman–Crippen LogP) is 2.41. The molecule has 0 saturated carbocycles. The van der Waals surface area contributed by atoms with Crippen molar-refractivity contribution in [1.29, 1.82) is 0 Å². The smallest absolute Gasteiger partial charge is 0.243 e. The van der Waals surface area contributed by atoms with Crippen molar-refractivity contribution in [3.8, 4) is 0 Å². The molecule has 2 aromatic carbocycles. The summed E-state index contributed by atoms with van der Waals surface area (Å²) in [6, 6.07) is 12.2. The number of sulfonamides is 1. The van der Waals surface area contributed by atoms with Crippen LogP contribution in [0.1, 0.15) is 11.1 Å². The Morgan fingerprint density at radius 2 is 1.64 bits per heavy atom. The van der Waals surface area contributed by atoms with Crippen LogP contribution in [0.15, 0.2) is 53.4 Å². The van der Waals surface area contributed by atoms with Crippen LogP contribution in [0.4, 0.5) is 4.39 Å². The van der Waals surface area contributed by atoms with E-state index in [0.29, 0.717) is 6.54 Å². The summed E-state index contributed by atoms with van der Waals surface area (Å²) in [5, 5.41) is 0. The van der Waals surface area contributed by atoms with Gasteiger partial charge in [0, 0.05) is 20.6 Å². The first-order valence-electron chi connectivity index (χ1n) is 7.72. The number of benzene rings is 2. The third kappa shape index (κ3) is 4.64. The fourth-order valence-electron chi connectivity index (χ4n) is 2.31. The normalized spacial score (nSPS) is 11.6. The van der Waals surface area contributed by atoms with Crippen molar-refractivity contribution in [1.82, 2.24) is 9.21 Å². The molecule has 0 aliphatic heterocycles. The van der Waals surface area contributed by atoms with E-state index in [1.54, 1.807) is 7.05 Å². The number of carbonyl (C=O) groups excluding carboxylic acids is 1. The van der Waals surface area contributed by atoms with Gasteiger partial charge in [0.25, 0.3) is 0 Å². The Morgan fingerprint density at radius 1 is 1.04 bits per heavy atom. The molecule has 0 saturated heterocycles. The lowest BCUT2D eigenvalue weighted by Crippen LogP contribution is -2.39. The quantitative estimate of drug-likeness (QED) is 0.791. The summed E-state index contributed by atoms with van der Waals surface area (Å²) < 4.78 is 38.8. The third-order valence-corrected chi connectivity index (χ3v) is 5.79. The molecule has 0 aliphatic rings. The highest BCUT2D eigenvalue weighted by Crippen LogP contribution is 2.15. The summed E-state index contributed by atoms with van der Waals surface area (Å²) in [4.78, 5) is 13.8. The van der Waals surface area contributed by atoms with Crippen LogP contribution in [0, 0.1) is 12.7 Å². The van der Waals surface area contributed by atoms with Gasteiger partial charge in [0.05, 0.1) is 11.4 Å². The van der Waals surface area contributed by atoms with Crippen molar-refractivity contribution in [2.45, 2.75) is 18.4 Å². The van der Waals surface area contributed by atoms with E-state index in [1.165, 1.54) is 24.1 Å². The Morgan fingerprint density at radius 3 is 2.24 bits per heavy atom. The predicted molar refractivity (Wildman–Crippen MR) is 93.9 cm³/mol. The molecule has 0 bridgehead atoms. The highest BCUT2D eigenvalue weighted by Gasteiger charge is 2.24. The van der Waals surface area contributed by atoms with Gasteiger partial charge in [0.2, 0.25) is 15.9 Å². The third-order valence-electron chi connectivity index (χ3n) is 3.97. The van der Waals surface area contributed by atoms with Crippen molar-refractivity contribution in [2.24, 2.45) is 0 Å². The van der Waals surface area contributed by atoms with Crippen molar-refractivity contribution < 1.29 is 17.6 Å². The fourth-order valence-corrected chi connectivity index (χ4v) is 3.43. The van der Waals surface area contributed by atoms with Gasteiger partial charge in [-0.3, -0.25) is 4.79 Å². The molecule has 5 nitrogen and oxygen atoms in total. The zero-order valence-electron chi connectivity index (χ0n) is 14.4. The van der Waals surface area contributed by atoms with Crippen LogP contribution in [-0.2, 0) is 21.4 Å². The van der Waals surface area contributed by atoms with Crippen LogP contribution in [0.25, 0.3) is 0 Å². The standard InChI is InChI=1S/C18H21FN2O3S/c1-14-6-4-5-7-15(14)12-20(2)18(22)13-21(3)25(23,24)17-10-8-16(19)9-11-17/h4-11H,12-13H2,1-3H3. The fraction of sp³-hybridized carbons (Fsp3) is 0.278.